The Morgan fingerprint density at radius 2 is 1.71 bits per heavy atom. The van der Waals surface area contributed by atoms with Gasteiger partial charge in [0.05, 0.1) is 0 Å². The Bertz CT molecular complexity index is 115. The summed E-state index contributed by atoms with van der Waals surface area (Å²) in [4.78, 5) is 7.24. The van der Waals surface area contributed by atoms with Gasteiger partial charge in [0.2, 0.25) is 5.11 Å². The SMILES string of the molecule is S=C1N=CC=N1.[Cu]. The molecule has 2 nitrogen and oxygen atoms in total. The van der Waals surface area contributed by atoms with Gasteiger partial charge in [0.1, 0.15) is 0 Å². The first-order valence-corrected chi connectivity index (χ1v) is 1.91. The second-order valence-electron chi connectivity index (χ2n) is 0.839. The number of rotatable bonds is 0. The van der Waals surface area contributed by atoms with Crippen molar-refractivity contribution in [3.8, 4) is 0 Å². The zero-order valence-corrected chi connectivity index (χ0v) is 5.02. The van der Waals surface area contributed by atoms with Crippen LogP contribution in [-0.2, 0) is 17.1 Å². The number of aliphatic imine (C=N–C) groups is 2. The van der Waals surface area contributed by atoms with Crippen molar-refractivity contribution < 1.29 is 17.1 Å². The number of nitrogens with zero attached hydrogens (tertiary/aromatic N) is 2. The zero-order valence-electron chi connectivity index (χ0n) is 3.26. The molecule has 0 saturated heterocycles. The van der Waals surface area contributed by atoms with Crippen LogP contribution >= 0.6 is 12.2 Å². The van der Waals surface area contributed by atoms with Crippen molar-refractivity contribution in [3.63, 3.8) is 0 Å². The first-order chi connectivity index (χ1) is 2.89. The first kappa shape index (κ1) is 6.95. The monoisotopic (exact) mass is 161 g/mol. The first-order valence-electron chi connectivity index (χ1n) is 1.50. The third-order valence-corrected chi connectivity index (χ3v) is 0.647. The molecule has 7 heavy (non-hydrogen) atoms. The maximum atomic E-state index is 4.52. The van der Waals surface area contributed by atoms with E-state index in [4.69, 9.17) is 0 Å². The number of hydrogen-bond acceptors (Lipinski definition) is 1. The standard InChI is InChI=1S/C3H2N2S.Cu/c6-3-4-1-2-5-3;/h1-2H;. The molecule has 0 saturated carbocycles. The molecule has 0 aromatic heterocycles. The number of hydrogen-bond donors (Lipinski definition) is 0. The van der Waals surface area contributed by atoms with Crippen molar-refractivity contribution in [2.45, 2.75) is 0 Å². The van der Waals surface area contributed by atoms with E-state index in [0.29, 0.717) is 5.11 Å². The summed E-state index contributed by atoms with van der Waals surface area (Å²) in [5.74, 6) is 0. The Labute approximate surface area is 57.2 Å². The predicted molar refractivity (Wildman–Crippen MR) is 29.6 cm³/mol. The molecule has 1 radical (unpaired) electrons. The molecule has 0 atom stereocenters. The van der Waals surface area contributed by atoms with Gasteiger partial charge in [0.15, 0.2) is 0 Å². The smallest absolute Gasteiger partial charge is 0.219 e. The van der Waals surface area contributed by atoms with Crippen LogP contribution in [0.15, 0.2) is 9.98 Å². The summed E-state index contributed by atoms with van der Waals surface area (Å²) in [6.07, 6.45) is 3.14. The van der Waals surface area contributed by atoms with Crippen LogP contribution in [0.25, 0.3) is 0 Å². The Kier molecular flexibility index (Phi) is 3.00. The van der Waals surface area contributed by atoms with Crippen molar-refractivity contribution in [3.05, 3.63) is 0 Å². The molecule has 0 aromatic carbocycles. The summed E-state index contributed by atoms with van der Waals surface area (Å²) in [7, 11) is 0. The molecule has 0 spiro atoms. The van der Waals surface area contributed by atoms with Crippen LogP contribution in [0.5, 0.6) is 0 Å². The van der Waals surface area contributed by atoms with Gasteiger partial charge < -0.3 is 0 Å². The fourth-order valence-corrected chi connectivity index (χ4v) is 0.349. The third kappa shape index (κ3) is 1.92. The molecular weight excluding hydrogens is 160 g/mol. The molecule has 1 aliphatic heterocycles. The van der Waals surface area contributed by atoms with E-state index < -0.39 is 0 Å². The maximum absolute atomic E-state index is 4.52. The van der Waals surface area contributed by atoms with E-state index in [9.17, 15) is 0 Å². The number of thiocarbonyl (C=S) groups is 1. The Morgan fingerprint density at radius 3 is 1.86 bits per heavy atom. The van der Waals surface area contributed by atoms with Crippen LogP contribution in [0.3, 0.4) is 0 Å². The fourth-order valence-electron chi connectivity index (χ4n) is 0.228. The van der Waals surface area contributed by atoms with Crippen molar-refractivity contribution in [1.29, 1.82) is 0 Å². The van der Waals surface area contributed by atoms with Crippen molar-refractivity contribution in [2.24, 2.45) is 9.98 Å². The van der Waals surface area contributed by atoms with Gasteiger partial charge >= 0.3 is 0 Å². The van der Waals surface area contributed by atoms with E-state index in [0.717, 1.165) is 0 Å². The van der Waals surface area contributed by atoms with E-state index in [-0.39, 0.29) is 17.1 Å². The fraction of sp³-hybridized carbons (Fsp3) is 0. The maximum Gasteiger partial charge on any atom is 0.219 e. The molecule has 4 heteroatoms. The molecule has 1 heterocycles. The van der Waals surface area contributed by atoms with E-state index in [1.807, 2.05) is 0 Å². The molecule has 1 rings (SSSR count). The molecule has 0 bridgehead atoms. The van der Waals surface area contributed by atoms with E-state index in [1.165, 1.54) is 0 Å². The van der Waals surface area contributed by atoms with E-state index in [2.05, 4.69) is 22.2 Å². The van der Waals surface area contributed by atoms with Crippen molar-refractivity contribution in [2.75, 3.05) is 0 Å². The van der Waals surface area contributed by atoms with Crippen LogP contribution in [0, 0.1) is 0 Å². The Hall–Kier alpha value is -0.0505. The summed E-state index contributed by atoms with van der Waals surface area (Å²) in [6, 6.07) is 0. The van der Waals surface area contributed by atoms with Gasteiger partial charge in [-0.2, -0.15) is 0 Å². The van der Waals surface area contributed by atoms with Crippen molar-refractivity contribution >= 4 is 29.8 Å². The Morgan fingerprint density at radius 1 is 1.29 bits per heavy atom. The third-order valence-electron chi connectivity index (χ3n) is 0.437. The normalized spacial score (nSPS) is 14.6. The predicted octanol–water partition coefficient (Wildman–Crippen LogP) is 0.424. The van der Waals surface area contributed by atoms with Crippen LogP contribution in [0.1, 0.15) is 0 Å². The van der Waals surface area contributed by atoms with Crippen LogP contribution in [-0.4, -0.2) is 17.5 Å². The molecule has 0 unspecified atom stereocenters. The molecule has 0 aromatic rings. The molecular formula is C3H2CuN2S. The summed E-state index contributed by atoms with van der Waals surface area (Å²) in [5.41, 5.74) is 0. The average molecular weight is 162 g/mol. The zero-order chi connectivity index (χ0) is 4.41. The molecule has 41 valence electrons. The topological polar surface area (TPSA) is 24.7 Å². The minimum Gasteiger partial charge on any atom is -0.225 e. The molecule has 0 N–H and O–H groups in total. The largest absolute Gasteiger partial charge is 0.225 e. The van der Waals surface area contributed by atoms with Crippen LogP contribution < -0.4 is 0 Å². The Balaban J connectivity index is 0.000000360. The minimum absolute atomic E-state index is 0. The molecule has 0 fully saturated rings. The van der Waals surface area contributed by atoms with Crippen molar-refractivity contribution in [1.82, 2.24) is 0 Å². The van der Waals surface area contributed by atoms with Gasteiger partial charge in [0.25, 0.3) is 0 Å². The quantitative estimate of drug-likeness (QED) is 0.374. The van der Waals surface area contributed by atoms with Gasteiger partial charge in [0, 0.05) is 29.5 Å². The van der Waals surface area contributed by atoms with Gasteiger partial charge in [-0.1, -0.05) is 0 Å². The summed E-state index contributed by atoms with van der Waals surface area (Å²) >= 11 is 4.52. The van der Waals surface area contributed by atoms with Crippen LogP contribution in [0.4, 0.5) is 0 Å². The molecule has 0 amide bonds. The summed E-state index contributed by atoms with van der Waals surface area (Å²) in [6.45, 7) is 0. The van der Waals surface area contributed by atoms with Gasteiger partial charge in [-0.3, -0.25) is 0 Å². The summed E-state index contributed by atoms with van der Waals surface area (Å²) < 4.78 is 0. The van der Waals surface area contributed by atoms with E-state index >= 15 is 0 Å². The molecule has 1 aliphatic rings. The van der Waals surface area contributed by atoms with Crippen LogP contribution in [0.2, 0.25) is 0 Å². The molecule has 0 aliphatic carbocycles. The minimum atomic E-state index is 0. The second kappa shape index (κ2) is 3.02. The van der Waals surface area contributed by atoms with Gasteiger partial charge in [-0.05, 0) is 12.2 Å². The van der Waals surface area contributed by atoms with Gasteiger partial charge in [-0.25, -0.2) is 9.98 Å². The second-order valence-corrected chi connectivity index (χ2v) is 1.20. The van der Waals surface area contributed by atoms with Gasteiger partial charge in [-0.15, -0.1) is 0 Å². The summed E-state index contributed by atoms with van der Waals surface area (Å²) in [5, 5.41) is 0.426. The average Bonchev–Trinajstić information content (AvgIpc) is 1.86. The van der Waals surface area contributed by atoms with E-state index in [1.54, 1.807) is 12.4 Å².